The highest BCUT2D eigenvalue weighted by Gasteiger charge is 2.26. The highest BCUT2D eigenvalue weighted by atomic mass is 32.2. The van der Waals surface area contributed by atoms with Crippen LogP contribution in [0, 0.1) is 0 Å². The summed E-state index contributed by atoms with van der Waals surface area (Å²) in [7, 11) is -3.19. The molecule has 1 atom stereocenters. The number of likely N-dealkylation sites (tertiary alicyclic amines) is 1. The lowest BCUT2D eigenvalue weighted by Crippen LogP contribution is -2.48. The van der Waals surface area contributed by atoms with Crippen molar-refractivity contribution < 1.29 is 8.42 Å². The van der Waals surface area contributed by atoms with Crippen LogP contribution in [0.2, 0.25) is 0 Å². The summed E-state index contributed by atoms with van der Waals surface area (Å²) in [5.74, 6) is 0. The molecule has 1 rings (SSSR count). The summed E-state index contributed by atoms with van der Waals surface area (Å²) in [6.45, 7) is 10.4. The van der Waals surface area contributed by atoms with Gasteiger partial charge in [-0.25, -0.2) is 13.1 Å². The Balaban J connectivity index is 2.38. The predicted molar refractivity (Wildman–Crippen MR) is 79.8 cm³/mol. The van der Waals surface area contributed by atoms with Crippen molar-refractivity contribution in [3.8, 4) is 0 Å². The molecule has 0 saturated carbocycles. The lowest BCUT2D eigenvalue weighted by atomic mass is 10.1. The van der Waals surface area contributed by atoms with E-state index in [1.165, 1.54) is 0 Å². The van der Waals surface area contributed by atoms with Crippen LogP contribution in [-0.4, -0.2) is 57.3 Å². The summed E-state index contributed by atoms with van der Waals surface area (Å²) in [6.07, 6.45) is 3.01. The highest BCUT2D eigenvalue weighted by molar-refractivity contribution is 7.90. The summed E-state index contributed by atoms with van der Waals surface area (Å²) in [6, 6.07) is 0.113. The lowest BCUT2D eigenvalue weighted by molar-refractivity contribution is 0.207. The van der Waals surface area contributed by atoms with Crippen molar-refractivity contribution in [1.29, 1.82) is 0 Å². The molecule has 0 aliphatic carbocycles. The van der Waals surface area contributed by atoms with Gasteiger partial charge in [0, 0.05) is 12.6 Å². The first-order valence-corrected chi connectivity index (χ1v) is 8.98. The molecule has 2 N–H and O–H groups in total. The van der Waals surface area contributed by atoms with Gasteiger partial charge in [-0.05, 0) is 52.4 Å². The summed E-state index contributed by atoms with van der Waals surface area (Å²) in [4.78, 5) is 2.41. The van der Waals surface area contributed by atoms with Crippen LogP contribution in [0.3, 0.4) is 0 Å². The van der Waals surface area contributed by atoms with Crippen molar-refractivity contribution in [2.45, 2.75) is 51.3 Å². The van der Waals surface area contributed by atoms with Gasteiger partial charge in [-0.3, -0.25) is 0 Å². The molecule has 0 aromatic rings. The van der Waals surface area contributed by atoms with E-state index in [9.17, 15) is 8.42 Å². The number of sulfonamides is 1. The topological polar surface area (TPSA) is 61.4 Å². The van der Waals surface area contributed by atoms with Crippen LogP contribution < -0.4 is 10.0 Å². The third kappa shape index (κ3) is 5.77. The molecule has 114 valence electrons. The molecular weight excluding hydrogens is 262 g/mol. The molecule has 1 aliphatic heterocycles. The molecule has 0 aromatic heterocycles. The maximum atomic E-state index is 12.1. The largest absolute Gasteiger partial charge is 0.316 e. The number of hydrogen-bond acceptors (Lipinski definition) is 4. The van der Waals surface area contributed by atoms with Crippen molar-refractivity contribution in [2.75, 3.05) is 32.7 Å². The van der Waals surface area contributed by atoms with Crippen molar-refractivity contribution in [1.82, 2.24) is 14.9 Å². The van der Waals surface area contributed by atoms with Gasteiger partial charge in [-0.2, -0.15) is 0 Å². The molecule has 1 aliphatic rings. The Labute approximate surface area is 118 Å². The van der Waals surface area contributed by atoms with E-state index in [4.69, 9.17) is 0 Å². The molecule has 5 nitrogen and oxygen atoms in total. The Kier molecular flexibility index (Phi) is 7.28. The van der Waals surface area contributed by atoms with Gasteiger partial charge in [-0.1, -0.05) is 13.8 Å². The third-order valence-electron chi connectivity index (χ3n) is 3.67. The van der Waals surface area contributed by atoms with Gasteiger partial charge >= 0.3 is 0 Å². The fourth-order valence-corrected chi connectivity index (χ4v) is 3.67. The van der Waals surface area contributed by atoms with Crippen molar-refractivity contribution in [2.24, 2.45) is 0 Å². The zero-order chi connectivity index (χ0) is 14.3. The molecule has 1 fully saturated rings. The predicted octanol–water partition coefficient (Wildman–Crippen LogP) is 0.778. The number of rotatable bonds is 8. The molecule has 0 amide bonds. The molecule has 0 bridgehead atoms. The first-order valence-electron chi connectivity index (χ1n) is 7.43. The molecular formula is C13H29N3O2S. The SMILES string of the molecule is CCCN1CCC(NS(=O)(=O)C(C)CNCC)CC1. The van der Waals surface area contributed by atoms with Gasteiger partial charge in [0.05, 0.1) is 5.25 Å². The van der Waals surface area contributed by atoms with Gasteiger partial charge in [0.2, 0.25) is 10.0 Å². The molecule has 0 radical (unpaired) electrons. The van der Waals surface area contributed by atoms with E-state index in [0.717, 1.165) is 45.4 Å². The summed E-state index contributed by atoms with van der Waals surface area (Å²) in [5, 5.41) is 2.71. The monoisotopic (exact) mass is 291 g/mol. The Morgan fingerprint density at radius 3 is 2.42 bits per heavy atom. The molecule has 0 aromatic carbocycles. The van der Waals surface area contributed by atoms with Gasteiger partial charge in [0.15, 0.2) is 0 Å². The van der Waals surface area contributed by atoms with Gasteiger partial charge in [0.25, 0.3) is 0 Å². The Hall–Kier alpha value is -0.170. The minimum atomic E-state index is -3.19. The van der Waals surface area contributed by atoms with Crippen LogP contribution >= 0.6 is 0 Å². The second-order valence-corrected chi connectivity index (χ2v) is 7.53. The minimum absolute atomic E-state index is 0.113. The number of piperidine rings is 1. The second kappa shape index (κ2) is 8.19. The Bertz CT molecular complexity index is 338. The molecule has 1 saturated heterocycles. The van der Waals surface area contributed by atoms with Crippen molar-refractivity contribution >= 4 is 10.0 Å². The van der Waals surface area contributed by atoms with E-state index < -0.39 is 10.0 Å². The van der Waals surface area contributed by atoms with E-state index in [0.29, 0.717) is 6.54 Å². The van der Waals surface area contributed by atoms with E-state index in [-0.39, 0.29) is 11.3 Å². The third-order valence-corrected chi connectivity index (χ3v) is 5.56. The zero-order valence-electron chi connectivity index (χ0n) is 12.5. The van der Waals surface area contributed by atoms with Crippen LogP contribution in [0.1, 0.15) is 40.0 Å². The molecule has 1 unspecified atom stereocenters. The van der Waals surface area contributed by atoms with E-state index in [1.807, 2.05) is 6.92 Å². The quantitative estimate of drug-likeness (QED) is 0.694. The van der Waals surface area contributed by atoms with Crippen LogP contribution in [0.4, 0.5) is 0 Å². The zero-order valence-corrected chi connectivity index (χ0v) is 13.3. The highest BCUT2D eigenvalue weighted by Crippen LogP contribution is 2.12. The van der Waals surface area contributed by atoms with Crippen molar-refractivity contribution in [3.05, 3.63) is 0 Å². The standard InChI is InChI=1S/C13H29N3O2S/c1-4-8-16-9-6-13(7-10-16)15-19(17,18)12(3)11-14-5-2/h12-15H,4-11H2,1-3H3. The molecule has 1 heterocycles. The fourth-order valence-electron chi connectivity index (χ4n) is 2.40. The van der Waals surface area contributed by atoms with E-state index in [2.05, 4.69) is 21.9 Å². The van der Waals surface area contributed by atoms with E-state index in [1.54, 1.807) is 6.92 Å². The maximum Gasteiger partial charge on any atom is 0.215 e. The fraction of sp³-hybridized carbons (Fsp3) is 1.00. The number of nitrogens with zero attached hydrogens (tertiary/aromatic N) is 1. The molecule has 0 spiro atoms. The smallest absolute Gasteiger partial charge is 0.215 e. The van der Waals surface area contributed by atoms with Crippen LogP contribution in [0.5, 0.6) is 0 Å². The first-order chi connectivity index (χ1) is 8.99. The summed E-state index contributed by atoms with van der Waals surface area (Å²) >= 11 is 0. The van der Waals surface area contributed by atoms with Gasteiger partial charge in [-0.15, -0.1) is 0 Å². The Morgan fingerprint density at radius 1 is 1.26 bits per heavy atom. The minimum Gasteiger partial charge on any atom is -0.316 e. The van der Waals surface area contributed by atoms with Crippen molar-refractivity contribution in [3.63, 3.8) is 0 Å². The van der Waals surface area contributed by atoms with Crippen LogP contribution in [-0.2, 0) is 10.0 Å². The number of hydrogen-bond donors (Lipinski definition) is 2. The lowest BCUT2D eigenvalue weighted by Gasteiger charge is -2.32. The molecule has 19 heavy (non-hydrogen) atoms. The second-order valence-electron chi connectivity index (χ2n) is 5.40. The van der Waals surface area contributed by atoms with Gasteiger partial charge < -0.3 is 10.2 Å². The summed E-state index contributed by atoms with van der Waals surface area (Å²) in [5.41, 5.74) is 0. The average Bonchev–Trinajstić information content (AvgIpc) is 2.38. The van der Waals surface area contributed by atoms with E-state index >= 15 is 0 Å². The average molecular weight is 291 g/mol. The maximum absolute atomic E-state index is 12.1. The molecule has 6 heteroatoms. The first kappa shape index (κ1) is 16.9. The summed E-state index contributed by atoms with van der Waals surface area (Å²) < 4.78 is 27.2. The van der Waals surface area contributed by atoms with Gasteiger partial charge in [0.1, 0.15) is 0 Å². The Morgan fingerprint density at radius 2 is 1.89 bits per heavy atom. The number of nitrogens with one attached hydrogen (secondary N) is 2. The van der Waals surface area contributed by atoms with Crippen LogP contribution in [0.25, 0.3) is 0 Å². The van der Waals surface area contributed by atoms with Crippen LogP contribution in [0.15, 0.2) is 0 Å². The normalized spacial score (nSPS) is 20.6.